The molecule has 1 rings (SSSR count). The molecule has 1 atom stereocenters. The Morgan fingerprint density at radius 3 is 2.50 bits per heavy atom. The molecule has 0 radical (unpaired) electrons. The lowest BCUT2D eigenvalue weighted by molar-refractivity contribution is 0.269. The molecule has 1 unspecified atom stereocenters. The number of nitrogens with zero attached hydrogens (tertiary/aromatic N) is 1. The number of phenols is 1. The van der Waals surface area contributed by atoms with E-state index in [-0.39, 0.29) is 6.04 Å². The highest BCUT2D eigenvalue weighted by atomic mass is 16.3. The third-order valence-electron chi connectivity index (χ3n) is 3.45. The Kier molecular flexibility index (Phi) is 5.63. The van der Waals surface area contributed by atoms with E-state index in [4.69, 9.17) is 0 Å². The fourth-order valence-electron chi connectivity index (χ4n) is 1.85. The van der Waals surface area contributed by atoms with Crippen molar-refractivity contribution in [1.82, 2.24) is 10.2 Å². The van der Waals surface area contributed by atoms with Gasteiger partial charge in [0, 0.05) is 30.7 Å². The number of hydrogen-bond acceptors (Lipinski definition) is 3. The minimum atomic E-state index is 0.172. The van der Waals surface area contributed by atoms with Gasteiger partial charge in [0.15, 0.2) is 0 Å². The summed E-state index contributed by atoms with van der Waals surface area (Å²) in [5, 5.41) is 13.4. The predicted molar refractivity (Wildman–Crippen MR) is 77.0 cm³/mol. The third-order valence-corrected chi connectivity index (χ3v) is 3.45. The summed E-state index contributed by atoms with van der Waals surface area (Å²) in [5.41, 5.74) is 2.05. The van der Waals surface area contributed by atoms with Gasteiger partial charge < -0.3 is 15.3 Å². The molecule has 0 fully saturated rings. The van der Waals surface area contributed by atoms with E-state index in [0.717, 1.165) is 24.2 Å². The van der Waals surface area contributed by atoms with Crippen molar-refractivity contribution >= 4 is 0 Å². The minimum absolute atomic E-state index is 0.172. The summed E-state index contributed by atoms with van der Waals surface area (Å²) in [5.74, 6) is 0.382. The van der Waals surface area contributed by atoms with E-state index in [9.17, 15) is 5.11 Å². The average molecular weight is 250 g/mol. The van der Waals surface area contributed by atoms with Gasteiger partial charge in [-0.05, 0) is 46.4 Å². The predicted octanol–water partition coefficient (Wildman–Crippen LogP) is 2.69. The lowest BCUT2D eigenvalue weighted by Gasteiger charge is -2.23. The highest BCUT2D eigenvalue weighted by molar-refractivity contribution is 5.37. The Balaban J connectivity index is 2.48. The molecule has 2 N–H and O–H groups in total. The first-order chi connectivity index (χ1) is 8.41. The zero-order chi connectivity index (χ0) is 13.7. The van der Waals surface area contributed by atoms with Crippen molar-refractivity contribution in [3.05, 3.63) is 29.3 Å². The number of aryl methyl sites for hydroxylation is 1. The van der Waals surface area contributed by atoms with E-state index >= 15 is 0 Å². The van der Waals surface area contributed by atoms with Crippen molar-refractivity contribution < 1.29 is 5.11 Å². The van der Waals surface area contributed by atoms with E-state index in [1.54, 1.807) is 0 Å². The van der Waals surface area contributed by atoms with Gasteiger partial charge in [0.2, 0.25) is 0 Å². The largest absolute Gasteiger partial charge is 0.508 e. The van der Waals surface area contributed by atoms with Gasteiger partial charge in [-0.2, -0.15) is 0 Å². The molecule has 0 bridgehead atoms. The number of benzene rings is 1. The number of nitrogens with one attached hydrogen (secondary N) is 1. The molecule has 0 heterocycles. The number of aromatic hydroxyl groups is 1. The van der Waals surface area contributed by atoms with Crippen LogP contribution in [0.3, 0.4) is 0 Å². The maximum atomic E-state index is 9.91. The van der Waals surface area contributed by atoms with Crippen LogP contribution in [0.5, 0.6) is 5.75 Å². The Morgan fingerprint density at radius 1 is 1.28 bits per heavy atom. The van der Waals surface area contributed by atoms with E-state index in [0.29, 0.717) is 11.8 Å². The average Bonchev–Trinajstić information content (AvgIpc) is 2.28. The molecule has 3 heteroatoms. The second kappa shape index (κ2) is 6.76. The Labute approximate surface area is 111 Å². The molecule has 18 heavy (non-hydrogen) atoms. The van der Waals surface area contributed by atoms with Crippen LogP contribution in [0, 0.1) is 6.92 Å². The van der Waals surface area contributed by atoms with Gasteiger partial charge >= 0.3 is 0 Å². The Bertz CT molecular complexity index is 377. The van der Waals surface area contributed by atoms with Crippen molar-refractivity contribution in [1.29, 1.82) is 0 Å². The second-order valence-corrected chi connectivity index (χ2v) is 5.31. The standard InChI is InChI=1S/C15H26N2O/c1-11(2)17(5)9-8-16-13(4)14-7-6-12(3)10-15(14)18/h6-7,10-11,13,16,18H,8-9H2,1-5H3. The molecule has 0 aliphatic rings. The number of rotatable bonds is 6. The van der Waals surface area contributed by atoms with E-state index < -0.39 is 0 Å². The lowest BCUT2D eigenvalue weighted by atomic mass is 10.1. The Morgan fingerprint density at radius 2 is 1.94 bits per heavy atom. The summed E-state index contributed by atoms with van der Waals surface area (Å²) in [6, 6.07) is 6.58. The first-order valence-corrected chi connectivity index (χ1v) is 6.65. The maximum Gasteiger partial charge on any atom is 0.120 e. The van der Waals surface area contributed by atoms with Crippen molar-refractivity contribution in [2.45, 2.75) is 39.8 Å². The van der Waals surface area contributed by atoms with Crippen molar-refractivity contribution in [2.24, 2.45) is 0 Å². The molecule has 3 nitrogen and oxygen atoms in total. The van der Waals surface area contributed by atoms with Crippen LogP contribution in [-0.4, -0.2) is 36.2 Å². The van der Waals surface area contributed by atoms with Crippen molar-refractivity contribution in [3.8, 4) is 5.75 Å². The normalized spacial score (nSPS) is 13.3. The summed E-state index contributed by atoms with van der Waals surface area (Å²) >= 11 is 0. The number of phenolic OH excluding ortho intramolecular Hbond substituents is 1. The zero-order valence-electron chi connectivity index (χ0n) is 12.2. The molecule has 0 aromatic heterocycles. The molecule has 102 valence electrons. The third kappa shape index (κ3) is 4.31. The fourth-order valence-corrected chi connectivity index (χ4v) is 1.85. The highest BCUT2D eigenvalue weighted by Gasteiger charge is 2.10. The van der Waals surface area contributed by atoms with Gasteiger partial charge in [-0.25, -0.2) is 0 Å². The molecule has 0 aliphatic heterocycles. The van der Waals surface area contributed by atoms with Gasteiger partial charge in [0.1, 0.15) is 5.75 Å². The van der Waals surface area contributed by atoms with Crippen LogP contribution in [0.2, 0.25) is 0 Å². The van der Waals surface area contributed by atoms with E-state index in [1.165, 1.54) is 0 Å². The summed E-state index contributed by atoms with van der Waals surface area (Å²) in [7, 11) is 2.13. The molecule has 0 saturated heterocycles. The molecule has 1 aromatic carbocycles. The highest BCUT2D eigenvalue weighted by Crippen LogP contribution is 2.24. The van der Waals surface area contributed by atoms with Crippen LogP contribution in [0.4, 0.5) is 0 Å². The number of likely N-dealkylation sites (N-methyl/N-ethyl adjacent to an activating group) is 1. The molecule has 0 aliphatic carbocycles. The van der Waals surface area contributed by atoms with Gasteiger partial charge in [0.25, 0.3) is 0 Å². The lowest BCUT2D eigenvalue weighted by Crippen LogP contribution is -2.34. The van der Waals surface area contributed by atoms with Crippen LogP contribution in [0.15, 0.2) is 18.2 Å². The van der Waals surface area contributed by atoms with Crippen LogP contribution >= 0.6 is 0 Å². The van der Waals surface area contributed by atoms with Gasteiger partial charge in [-0.1, -0.05) is 12.1 Å². The van der Waals surface area contributed by atoms with Crippen LogP contribution in [-0.2, 0) is 0 Å². The summed E-state index contributed by atoms with van der Waals surface area (Å²) < 4.78 is 0. The van der Waals surface area contributed by atoms with Crippen LogP contribution < -0.4 is 5.32 Å². The van der Waals surface area contributed by atoms with Crippen molar-refractivity contribution in [3.63, 3.8) is 0 Å². The summed E-state index contributed by atoms with van der Waals surface area (Å²) in [6.45, 7) is 10.4. The minimum Gasteiger partial charge on any atom is -0.508 e. The zero-order valence-corrected chi connectivity index (χ0v) is 12.2. The first-order valence-electron chi connectivity index (χ1n) is 6.65. The van der Waals surface area contributed by atoms with Crippen LogP contribution in [0.25, 0.3) is 0 Å². The first kappa shape index (κ1) is 15.0. The van der Waals surface area contributed by atoms with Gasteiger partial charge in [-0.3, -0.25) is 0 Å². The fraction of sp³-hybridized carbons (Fsp3) is 0.600. The Hall–Kier alpha value is -1.06. The summed E-state index contributed by atoms with van der Waals surface area (Å²) in [6.07, 6.45) is 0. The molecule has 0 spiro atoms. The van der Waals surface area contributed by atoms with Crippen LogP contribution in [0.1, 0.15) is 37.9 Å². The van der Waals surface area contributed by atoms with Gasteiger partial charge in [0.05, 0.1) is 0 Å². The smallest absolute Gasteiger partial charge is 0.120 e. The number of hydrogen-bond donors (Lipinski definition) is 2. The SMILES string of the molecule is Cc1ccc(C(C)NCCN(C)C(C)C)c(O)c1. The molecule has 0 saturated carbocycles. The molecule has 1 aromatic rings. The van der Waals surface area contributed by atoms with E-state index in [2.05, 4.69) is 38.0 Å². The summed E-state index contributed by atoms with van der Waals surface area (Å²) in [4.78, 5) is 2.30. The quantitative estimate of drug-likeness (QED) is 0.815. The molecular weight excluding hydrogens is 224 g/mol. The monoisotopic (exact) mass is 250 g/mol. The topological polar surface area (TPSA) is 35.5 Å². The second-order valence-electron chi connectivity index (χ2n) is 5.31. The molecular formula is C15H26N2O. The maximum absolute atomic E-state index is 9.91. The van der Waals surface area contributed by atoms with E-state index in [1.807, 2.05) is 25.1 Å². The van der Waals surface area contributed by atoms with Gasteiger partial charge in [-0.15, -0.1) is 0 Å². The van der Waals surface area contributed by atoms with Crippen molar-refractivity contribution in [2.75, 3.05) is 20.1 Å². The molecule has 0 amide bonds.